The minimum Gasteiger partial charge on any atom is -0.444 e. The van der Waals surface area contributed by atoms with Crippen LogP contribution in [0.5, 0.6) is 0 Å². The number of H-pyrrole nitrogens is 1. The zero-order chi connectivity index (χ0) is 20.5. The summed E-state index contributed by atoms with van der Waals surface area (Å²) in [5.41, 5.74) is 2.44. The van der Waals surface area contributed by atoms with Crippen molar-refractivity contribution in [2.75, 3.05) is 13.6 Å². The summed E-state index contributed by atoms with van der Waals surface area (Å²) < 4.78 is 5.54. The standard InChI is InChI=1S/C20H27BN4O3/c1-20(2,3)28-19(27)25-11-5-6-14(25)17-23-15(16(24-17)18(26)22-4)12-7-9-13(21)10-8-12/h7-10,14H,5-6,11,21H2,1-4H3,(H,22,26)(H,23,24)/t14-/m0/s1. The number of ether oxygens (including phenoxy) is 1. The second kappa shape index (κ2) is 7.69. The van der Waals surface area contributed by atoms with Crippen LogP contribution in [0.4, 0.5) is 4.79 Å². The van der Waals surface area contributed by atoms with Crippen LogP contribution in [0.1, 0.15) is 56.0 Å². The van der Waals surface area contributed by atoms with Crippen LogP contribution in [-0.4, -0.2) is 53.9 Å². The fourth-order valence-corrected chi connectivity index (χ4v) is 3.35. The van der Waals surface area contributed by atoms with E-state index in [0.29, 0.717) is 23.8 Å². The number of likely N-dealkylation sites (tertiary alicyclic amines) is 1. The summed E-state index contributed by atoms with van der Waals surface area (Å²) in [5.74, 6) is 0.345. The number of amides is 2. The number of rotatable bonds is 3. The van der Waals surface area contributed by atoms with Gasteiger partial charge in [0, 0.05) is 19.2 Å². The van der Waals surface area contributed by atoms with Crippen molar-refractivity contribution >= 4 is 25.3 Å². The second-order valence-electron chi connectivity index (χ2n) is 8.12. The molecule has 7 nitrogen and oxygen atoms in total. The highest BCUT2D eigenvalue weighted by Gasteiger charge is 2.36. The van der Waals surface area contributed by atoms with Crippen molar-refractivity contribution in [1.29, 1.82) is 0 Å². The molecule has 1 aromatic carbocycles. The maximum Gasteiger partial charge on any atom is 0.410 e. The smallest absolute Gasteiger partial charge is 0.410 e. The van der Waals surface area contributed by atoms with Crippen molar-refractivity contribution in [2.24, 2.45) is 0 Å². The Morgan fingerprint density at radius 3 is 2.57 bits per heavy atom. The normalized spacial score (nSPS) is 16.9. The maximum atomic E-state index is 12.6. The van der Waals surface area contributed by atoms with E-state index >= 15 is 0 Å². The maximum absolute atomic E-state index is 12.6. The van der Waals surface area contributed by atoms with Gasteiger partial charge in [0.1, 0.15) is 19.3 Å². The first-order chi connectivity index (χ1) is 13.2. The quantitative estimate of drug-likeness (QED) is 0.793. The Hall–Kier alpha value is -2.77. The summed E-state index contributed by atoms with van der Waals surface area (Å²) in [7, 11) is 3.59. The van der Waals surface area contributed by atoms with Gasteiger partial charge in [0.15, 0.2) is 5.69 Å². The van der Waals surface area contributed by atoms with Crippen LogP contribution in [0.2, 0.25) is 0 Å². The van der Waals surface area contributed by atoms with E-state index in [9.17, 15) is 9.59 Å². The predicted molar refractivity (Wildman–Crippen MR) is 111 cm³/mol. The molecule has 28 heavy (non-hydrogen) atoms. The van der Waals surface area contributed by atoms with Crippen molar-refractivity contribution < 1.29 is 14.3 Å². The molecule has 0 spiro atoms. The number of nitrogens with one attached hydrogen (secondary N) is 2. The third-order valence-corrected chi connectivity index (χ3v) is 4.70. The molecule has 2 N–H and O–H groups in total. The van der Waals surface area contributed by atoms with Gasteiger partial charge in [0.25, 0.3) is 5.91 Å². The van der Waals surface area contributed by atoms with E-state index in [4.69, 9.17) is 4.74 Å². The van der Waals surface area contributed by atoms with E-state index in [2.05, 4.69) is 15.3 Å². The van der Waals surface area contributed by atoms with Gasteiger partial charge in [-0.05, 0) is 33.6 Å². The molecule has 0 saturated carbocycles. The summed E-state index contributed by atoms with van der Waals surface area (Å²) >= 11 is 0. The van der Waals surface area contributed by atoms with E-state index in [1.54, 1.807) is 11.9 Å². The number of carbonyl (C=O) groups is 2. The van der Waals surface area contributed by atoms with E-state index in [1.807, 2.05) is 52.9 Å². The van der Waals surface area contributed by atoms with Crippen LogP contribution in [-0.2, 0) is 4.74 Å². The van der Waals surface area contributed by atoms with E-state index in [-0.39, 0.29) is 18.0 Å². The van der Waals surface area contributed by atoms with Crippen LogP contribution < -0.4 is 10.8 Å². The summed E-state index contributed by atoms with van der Waals surface area (Å²) in [5, 5.41) is 2.65. The average Bonchev–Trinajstić information content (AvgIpc) is 3.27. The topological polar surface area (TPSA) is 87.3 Å². The van der Waals surface area contributed by atoms with Gasteiger partial charge in [-0.2, -0.15) is 0 Å². The molecular weight excluding hydrogens is 355 g/mol. The fourth-order valence-electron chi connectivity index (χ4n) is 3.35. The Bertz CT molecular complexity index is 871. The number of aromatic amines is 1. The van der Waals surface area contributed by atoms with Crippen molar-refractivity contribution in [1.82, 2.24) is 20.2 Å². The molecule has 8 heteroatoms. The van der Waals surface area contributed by atoms with Gasteiger partial charge < -0.3 is 15.0 Å². The van der Waals surface area contributed by atoms with Gasteiger partial charge in [-0.15, -0.1) is 0 Å². The number of nitrogens with zero attached hydrogens (tertiary/aromatic N) is 2. The summed E-state index contributed by atoms with van der Waals surface area (Å²) in [6.07, 6.45) is 1.28. The molecule has 0 unspecified atom stereocenters. The molecule has 3 rings (SSSR count). The molecule has 2 aromatic rings. The third-order valence-electron chi connectivity index (χ3n) is 4.70. The van der Waals surface area contributed by atoms with E-state index in [1.165, 1.54) is 0 Å². The monoisotopic (exact) mass is 382 g/mol. The molecule has 0 aliphatic carbocycles. The first-order valence-corrected chi connectivity index (χ1v) is 9.58. The van der Waals surface area contributed by atoms with Gasteiger partial charge in [-0.1, -0.05) is 29.7 Å². The van der Waals surface area contributed by atoms with Crippen LogP contribution >= 0.6 is 0 Å². The minimum absolute atomic E-state index is 0.238. The fraction of sp³-hybridized carbons (Fsp3) is 0.450. The molecule has 1 aliphatic heterocycles. The molecule has 2 heterocycles. The van der Waals surface area contributed by atoms with Gasteiger partial charge in [-0.3, -0.25) is 9.69 Å². The Kier molecular flexibility index (Phi) is 5.49. The van der Waals surface area contributed by atoms with Crippen LogP contribution in [0.3, 0.4) is 0 Å². The van der Waals surface area contributed by atoms with E-state index in [0.717, 1.165) is 23.9 Å². The lowest BCUT2D eigenvalue weighted by Gasteiger charge is -2.27. The highest BCUT2D eigenvalue weighted by Crippen LogP contribution is 2.34. The predicted octanol–water partition coefficient (Wildman–Crippen LogP) is 1.77. The molecule has 1 saturated heterocycles. The number of hydrogen-bond donors (Lipinski definition) is 2. The van der Waals surface area contributed by atoms with Crippen molar-refractivity contribution in [3.05, 3.63) is 35.8 Å². The lowest BCUT2D eigenvalue weighted by molar-refractivity contribution is 0.0218. The highest BCUT2D eigenvalue weighted by molar-refractivity contribution is 6.32. The van der Waals surface area contributed by atoms with Gasteiger partial charge in [-0.25, -0.2) is 9.78 Å². The molecule has 1 fully saturated rings. The van der Waals surface area contributed by atoms with Crippen molar-refractivity contribution in [2.45, 2.75) is 45.3 Å². The Labute approximate surface area is 166 Å². The first-order valence-electron chi connectivity index (χ1n) is 9.58. The number of benzene rings is 1. The first kappa shape index (κ1) is 20.0. The number of imidazole rings is 1. The average molecular weight is 382 g/mol. The van der Waals surface area contributed by atoms with Crippen LogP contribution in [0.15, 0.2) is 24.3 Å². The number of hydrogen-bond acceptors (Lipinski definition) is 4. The van der Waals surface area contributed by atoms with Gasteiger partial charge in [0.2, 0.25) is 0 Å². The highest BCUT2D eigenvalue weighted by atomic mass is 16.6. The molecule has 0 radical (unpaired) electrons. The Balaban J connectivity index is 1.96. The van der Waals surface area contributed by atoms with Crippen LogP contribution in [0, 0.1) is 0 Å². The van der Waals surface area contributed by atoms with Crippen LogP contribution in [0.25, 0.3) is 11.3 Å². The molecule has 148 valence electrons. The Morgan fingerprint density at radius 2 is 1.96 bits per heavy atom. The summed E-state index contributed by atoms with van der Waals surface area (Å²) in [6.45, 7) is 6.15. The second-order valence-corrected chi connectivity index (χ2v) is 8.12. The molecule has 1 aliphatic rings. The number of carbonyl (C=O) groups excluding carboxylic acids is 2. The van der Waals surface area contributed by atoms with E-state index < -0.39 is 5.60 Å². The molecule has 2 amide bonds. The summed E-state index contributed by atoms with van der Waals surface area (Å²) in [6, 6.07) is 7.66. The third kappa shape index (κ3) is 4.21. The summed E-state index contributed by atoms with van der Waals surface area (Å²) in [4.78, 5) is 34.6. The lowest BCUT2D eigenvalue weighted by Crippen LogP contribution is -2.36. The molecule has 1 aromatic heterocycles. The largest absolute Gasteiger partial charge is 0.444 e. The van der Waals surface area contributed by atoms with Gasteiger partial charge >= 0.3 is 6.09 Å². The lowest BCUT2D eigenvalue weighted by atomic mass is 9.94. The zero-order valence-electron chi connectivity index (χ0n) is 17.1. The Morgan fingerprint density at radius 1 is 1.29 bits per heavy atom. The zero-order valence-corrected chi connectivity index (χ0v) is 17.1. The van der Waals surface area contributed by atoms with Crippen molar-refractivity contribution in [3.63, 3.8) is 0 Å². The molecular formula is C20H27BN4O3. The SMILES string of the molecule is Bc1ccc(-c2[nH]c([C@@H]3CCCN3C(=O)OC(C)(C)C)nc2C(=O)NC)cc1. The molecule has 1 atom stereocenters. The number of aromatic nitrogens is 2. The minimum atomic E-state index is -0.562. The van der Waals surface area contributed by atoms with Gasteiger partial charge in [0.05, 0.1) is 11.7 Å². The molecule has 0 bridgehead atoms. The van der Waals surface area contributed by atoms with Crippen molar-refractivity contribution in [3.8, 4) is 11.3 Å².